The number of nitrogens with one attached hydrogen (secondary N) is 1. The average molecular weight is 259 g/mol. The van der Waals surface area contributed by atoms with Gasteiger partial charge < -0.3 is 4.74 Å². The van der Waals surface area contributed by atoms with Gasteiger partial charge in [-0.1, -0.05) is 18.2 Å². The summed E-state index contributed by atoms with van der Waals surface area (Å²) in [6.45, 7) is 0.386. The summed E-state index contributed by atoms with van der Waals surface area (Å²) in [5.41, 5.74) is 0.461. The highest BCUT2D eigenvalue weighted by Crippen LogP contribution is 2.45. The Morgan fingerprint density at radius 3 is 2.78 bits per heavy atom. The van der Waals surface area contributed by atoms with Crippen molar-refractivity contribution in [1.29, 1.82) is 0 Å². The second-order valence-corrected chi connectivity index (χ2v) is 4.55. The minimum atomic E-state index is -2.79. The topological polar surface area (TPSA) is 30.5 Å². The number of hydrogen-bond donors (Lipinski definition) is 1. The molecule has 1 aromatic rings. The molecule has 98 valence electrons. The number of rotatable bonds is 2. The van der Waals surface area contributed by atoms with Crippen molar-refractivity contribution in [1.82, 2.24) is 5.48 Å². The molecule has 6 heteroatoms. The first kappa shape index (κ1) is 12.0. The number of ether oxygens (including phenoxy) is 1. The lowest BCUT2D eigenvalue weighted by atomic mass is 9.78. The van der Waals surface area contributed by atoms with E-state index in [2.05, 4.69) is 5.48 Å². The maximum absolute atomic E-state index is 13.8. The minimum absolute atomic E-state index is 0.0713. The zero-order valence-electron chi connectivity index (χ0n) is 9.41. The molecule has 0 saturated carbocycles. The van der Waals surface area contributed by atoms with Gasteiger partial charge in [-0.05, 0) is 6.07 Å². The van der Waals surface area contributed by atoms with Crippen LogP contribution in [0.2, 0.25) is 0 Å². The van der Waals surface area contributed by atoms with Crippen molar-refractivity contribution >= 4 is 0 Å². The molecule has 3 atom stereocenters. The Balaban J connectivity index is 2.10. The molecule has 1 aromatic carbocycles. The van der Waals surface area contributed by atoms with Gasteiger partial charge in [0.15, 0.2) is 0 Å². The zero-order chi connectivity index (χ0) is 12.8. The fourth-order valence-electron chi connectivity index (χ4n) is 2.70. The lowest BCUT2D eigenvalue weighted by molar-refractivity contribution is -0.0650. The first-order chi connectivity index (χ1) is 8.66. The predicted molar refractivity (Wildman–Crippen MR) is 56.4 cm³/mol. The zero-order valence-corrected chi connectivity index (χ0v) is 9.41. The summed E-state index contributed by atoms with van der Waals surface area (Å²) < 4.78 is 46.1. The van der Waals surface area contributed by atoms with Crippen LogP contribution in [-0.4, -0.2) is 25.7 Å². The smallest absolute Gasteiger partial charge is 0.263 e. The van der Waals surface area contributed by atoms with Crippen molar-refractivity contribution in [2.75, 3.05) is 13.2 Å². The first-order valence-corrected chi connectivity index (χ1v) is 5.70. The van der Waals surface area contributed by atoms with Crippen LogP contribution in [0.5, 0.6) is 0 Å². The minimum Gasteiger partial charge on any atom is -0.378 e. The monoisotopic (exact) mass is 259 g/mol. The highest BCUT2D eigenvalue weighted by molar-refractivity contribution is 5.30. The van der Waals surface area contributed by atoms with Crippen LogP contribution in [0.4, 0.5) is 13.2 Å². The van der Waals surface area contributed by atoms with Gasteiger partial charge in [0, 0.05) is 11.5 Å². The lowest BCUT2D eigenvalue weighted by Gasteiger charge is -2.32. The summed E-state index contributed by atoms with van der Waals surface area (Å²) in [6.07, 6.45) is -3.25. The Morgan fingerprint density at radius 1 is 1.28 bits per heavy atom. The molecule has 2 saturated heterocycles. The Morgan fingerprint density at radius 2 is 2.06 bits per heavy atom. The van der Waals surface area contributed by atoms with Gasteiger partial charge in [0.25, 0.3) is 6.43 Å². The van der Waals surface area contributed by atoms with Crippen molar-refractivity contribution in [2.24, 2.45) is 5.92 Å². The fourth-order valence-corrected chi connectivity index (χ4v) is 2.70. The van der Waals surface area contributed by atoms with Crippen LogP contribution in [0.1, 0.15) is 5.56 Å². The van der Waals surface area contributed by atoms with Crippen molar-refractivity contribution in [3.63, 3.8) is 0 Å². The SMILES string of the molecule is Fc1ccccc1[C@]1(C(F)F)NO[C@H]2COC[C@H]21. The molecule has 3 nitrogen and oxygen atoms in total. The quantitative estimate of drug-likeness (QED) is 0.879. The van der Waals surface area contributed by atoms with Gasteiger partial charge in [-0.3, -0.25) is 4.84 Å². The number of fused-ring (bicyclic) bond motifs is 1. The van der Waals surface area contributed by atoms with Crippen LogP contribution in [0.3, 0.4) is 0 Å². The van der Waals surface area contributed by atoms with E-state index in [0.717, 1.165) is 0 Å². The van der Waals surface area contributed by atoms with E-state index in [1.54, 1.807) is 0 Å². The van der Waals surface area contributed by atoms with Crippen LogP contribution in [0.25, 0.3) is 0 Å². The maximum atomic E-state index is 13.8. The van der Waals surface area contributed by atoms with E-state index in [1.807, 2.05) is 0 Å². The second-order valence-electron chi connectivity index (χ2n) is 4.55. The van der Waals surface area contributed by atoms with Crippen molar-refractivity contribution in [3.8, 4) is 0 Å². The highest BCUT2D eigenvalue weighted by Gasteiger charge is 2.60. The van der Waals surface area contributed by atoms with Crippen LogP contribution in [-0.2, 0) is 15.1 Å². The standard InChI is InChI=1S/C12H12F3NO2/c13-9-4-2-1-3-7(9)12(11(14)15)8-5-17-6-10(8)18-16-12/h1-4,8,10-11,16H,5-6H2/t8-,10+,12+/m1/s1. The van der Waals surface area contributed by atoms with Crippen LogP contribution in [0.15, 0.2) is 24.3 Å². The van der Waals surface area contributed by atoms with Crippen LogP contribution in [0, 0.1) is 11.7 Å². The molecule has 2 aliphatic heterocycles. The van der Waals surface area contributed by atoms with E-state index < -0.39 is 29.8 Å². The number of hydroxylamine groups is 1. The molecule has 3 rings (SSSR count). The Bertz CT molecular complexity index is 457. The summed E-state index contributed by atoms with van der Waals surface area (Å²) in [5, 5.41) is 0. The van der Waals surface area contributed by atoms with Gasteiger partial charge in [0.05, 0.1) is 13.2 Å². The van der Waals surface area contributed by atoms with E-state index in [0.29, 0.717) is 0 Å². The van der Waals surface area contributed by atoms with Crippen molar-refractivity contribution in [2.45, 2.75) is 18.1 Å². The molecular weight excluding hydrogens is 247 g/mol. The molecular formula is C12H12F3NO2. The van der Waals surface area contributed by atoms with Gasteiger partial charge in [-0.2, -0.15) is 5.48 Å². The van der Waals surface area contributed by atoms with E-state index in [4.69, 9.17) is 9.57 Å². The van der Waals surface area contributed by atoms with Gasteiger partial charge in [0.2, 0.25) is 0 Å². The molecule has 0 unspecified atom stereocenters. The number of benzene rings is 1. The summed E-state index contributed by atoms with van der Waals surface area (Å²) in [7, 11) is 0. The van der Waals surface area contributed by atoms with E-state index in [1.165, 1.54) is 24.3 Å². The number of halogens is 3. The normalized spacial score (nSPS) is 35.1. The molecule has 0 radical (unpaired) electrons. The van der Waals surface area contributed by atoms with E-state index in [-0.39, 0.29) is 18.8 Å². The molecule has 2 fully saturated rings. The summed E-state index contributed by atoms with van der Waals surface area (Å²) in [6, 6.07) is 5.53. The summed E-state index contributed by atoms with van der Waals surface area (Å²) in [5.74, 6) is -1.25. The third-order valence-electron chi connectivity index (χ3n) is 3.66. The predicted octanol–water partition coefficient (Wildman–Crippen LogP) is 1.84. The van der Waals surface area contributed by atoms with E-state index >= 15 is 0 Å². The summed E-state index contributed by atoms with van der Waals surface area (Å²) in [4.78, 5) is 5.14. The largest absolute Gasteiger partial charge is 0.378 e. The maximum Gasteiger partial charge on any atom is 0.263 e. The molecule has 0 bridgehead atoms. The van der Waals surface area contributed by atoms with Gasteiger partial charge in [0.1, 0.15) is 17.5 Å². The molecule has 0 aromatic heterocycles. The molecule has 2 aliphatic rings. The molecule has 0 aliphatic carbocycles. The molecule has 0 spiro atoms. The van der Waals surface area contributed by atoms with E-state index in [9.17, 15) is 13.2 Å². The molecule has 1 N–H and O–H groups in total. The van der Waals surface area contributed by atoms with Crippen LogP contribution >= 0.6 is 0 Å². The van der Waals surface area contributed by atoms with Gasteiger partial charge in [-0.25, -0.2) is 13.2 Å². The molecule has 2 heterocycles. The Hall–Kier alpha value is -1.11. The Labute approximate surface area is 102 Å². The average Bonchev–Trinajstić information content (AvgIpc) is 2.91. The summed E-state index contributed by atoms with van der Waals surface area (Å²) >= 11 is 0. The Kier molecular flexibility index (Phi) is 2.80. The lowest BCUT2D eigenvalue weighted by Crippen LogP contribution is -2.49. The third kappa shape index (κ3) is 1.49. The second kappa shape index (κ2) is 4.22. The van der Waals surface area contributed by atoms with Crippen LogP contribution < -0.4 is 5.48 Å². The third-order valence-corrected chi connectivity index (χ3v) is 3.66. The highest BCUT2D eigenvalue weighted by atomic mass is 19.3. The number of alkyl halides is 2. The van der Waals surface area contributed by atoms with Crippen molar-refractivity contribution < 1.29 is 22.7 Å². The van der Waals surface area contributed by atoms with Crippen molar-refractivity contribution in [3.05, 3.63) is 35.6 Å². The van der Waals surface area contributed by atoms with Gasteiger partial charge >= 0.3 is 0 Å². The first-order valence-electron chi connectivity index (χ1n) is 5.70. The number of hydrogen-bond acceptors (Lipinski definition) is 3. The molecule has 0 amide bonds. The van der Waals surface area contributed by atoms with Gasteiger partial charge in [-0.15, -0.1) is 0 Å². The fraction of sp³-hybridized carbons (Fsp3) is 0.500. The molecule has 18 heavy (non-hydrogen) atoms.